The fraction of sp³-hybridized carbons (Fsp3) is 0.188. The highest BCUT2D eigenvalue weighted by molar-refractivity contribution is 7.98. The number of nitrogens with one attached hydrogen (secondary N) is 1. The lowest BCUT2D eigenvalue weighted by Crippen LogP contribution is -2.06. The van der Waals surface area contributed by atoms with Gasteiger partial charge in [0.05, 0.1) is 5.56 Å². The molecule has 0 saturated carbocycles. The Morgan fingerprint density at radius 2 is 1.90 bits per heavy atom. The molecule has 2 rings (SSSR count). The lowest BCUT2D eigenvalue weighted by molar-refractivity contribution is 0.624. The number of nitrogens with zero attached hydrogens (tertiary/aromatic N) is 1. The van der Waals surface area contributed by atoms with Gasteiger partial charge in [0.2, 0.25) is 0 Å². The van der Waals surface area contributed by atoms with Crippen LogP contribution in [0.25, 0.3) is 0 Å². The minimum absolute atomic E-state index is 0.0555. The number of nitriles is 1. The van der Waals surface area contributed by atoms with Crippen molar-refractivity contribution in [2.75, 3.05) is 11.6 Å². The van der Waals surface area contributed by atoms with E-state index in [9.17, 15) is 4.39 Å². The number of hydrogen-bond acceptors (Lipinski definition) is 3. The van der Waals surface area contributed by atoms with Gasteiger partial charge in [-0.2, -0.15) is 5.26 Å². The average Bonchev–Trinajstić information content (AvgIpc) is 2.49. The fourth-order valence-corrected chi connectivity index (χ4v) is 2.33. The first-order valence-corrected chi connectivity index (χ1v) is 7.46. The molecule has 4 heteroatoms. The average molecular weight is 286 g/mol. The molecular weight excluding hydrogens is 271 g/mol. The molecule has 1 unspecified atom stereocenters. The van der Waals surface area contributed by atoms with Crippen molar-refractivity contribution in [2.24, 2.45) is 0 Å². The third-order valence-electron chi connectivity index (χ3n) is 3.09. The van der Waals surface area contributed by atoms with Crippen molar-refractivity contribution in [3.8, 4) is 6.07 Å². The van der Waals surface area contributed by atoms with Gasteiger partial charge in [0.1, 0.15) is 11.9 Å². The van der Waals surface area contributed by atoms with E-state index in [1.165, 1.54) is 17.0 Å². The molecular formula is C16H15FN2S. The van der Waals surface area contributed by atoms with Gasteiger partial charge in [-0.25, -0.2) is 4.39 Å². The van der Waals surface area contributed by atoms with Crippen molar-refractivity contribution in [3.05, 3.63) is 59.4 Å². The number of benzene rings is 2. The van der Waals surface area contributed by atoms with E-state index < -0.39 is 5.82 Å². The van der Waals surface area contributed by atoms with E-state index in [0.29, 0.717) is 0 Å². The van der Waals surface area contributed by atoms with E-state index in [2.05, 4.69) is 29.6 Å². The molecule has 0 spiro atoms. The molecule has 1 atom stereocenters. The second-order valence-corrected chi connectivity index (χ2v) is 5.33. The van der Waals surface area contributed by atoms with Crippen LogP contribution in [0, 0.1) is 17.1 Å². The molecule has 0 aliphatic carbocycles. The minimum Gasteiger partial charge on any atom is -0.378 e. The van der Waals surface area contributed by atoms with Crippen molar-refractivity contribution in [1.82, 2.24) is 0 Å². The van der Waals surface area contributed by atoms with Crippen LogP contribution in [0.5, 0.6) is 0 Å². The first-order chi connectivity index (χ1) is 9.63. The van der Waals surface area contributed by atoms with Gasteiger partial charge >= 0.3 is 0 Å². The Balaban J connectivity index is 2.14. The monoisotopic (exact) mass is 286 g/mol. The summed E-state index contributed by atoms with van der Waals surface area (Å²) in [5.74, 6) is -0.491. The highest BCUT2D eigenvalue weighted by atomic mass is 32.2. The van der Waals surface area contributed by atoms with Crippen LogP contribution >= 0.6 is 11.8 Å². The zero-order chi connectivity index (χ0) is 14.5. The Morgan fingerprint density at radius 1 is 1.20 bits per heavy atom. The summed E-state index contributed by atoms with van der Waals surface area (Å²) in [5, 5.41) is 12.1. The van der Waals surface area contributed by atoms with Crippen molar-refractivity contribution < 1.29 is 4.39 Å². The molecule has 0 bridgehead atoms. The Labute approximate surface area is 122 Å². The van der Waals surface area contributed by atoms with Gasteiger partial charge in [-0.3, -0.25) is 0 Å². The summed E-state index contributed by atoms with van der Waals surface area (Å²) < 4.78 is 13.3. The first kappa shape index (κ1) is 14.4. The van der Waals surface area contributed by atoms with Gasteiger partial charge in [0, 0.05) is 16.6 Å². The smallest absolute Gasteiger partial charge is 0.141 e. The van der Waals surface area contributed by atoms with Crippen molar-refractivity contribution in [2.45, 2.75) is 17.9 Å². The van der Waals surface area contributed by atoms with Crippen molar-refractivity contribution in [1.29, 1.82) is 5.26 Å². The normalized spacial score (nSPS) is 11.7. The third-order valence-corrected chi connectivity index (χ3v) is 3.83. The van der Waals surface area contributed by atoms with Crippen LogP contribution in [-0.2, 0) is 0 Å². The van der Waals surface area contributed by atoms with Crippen LogP contribution in [0.3, 0.4) is 0 Å². The van der Waals surface area contributed by atoms with E-state index in [0.717, 1.165) is 11.3 Å². The van der Waals surface area contributed by atoms with Crippen molar-refractivity contribution in [3.63, 3.8) is 0 Å². The molecule has 102 valence electrons. The van der Waals surface area contributed by atoms with E-state index in [1.807, 2.05) is 19.2 Å². The van der Waals surface area contributed by atoms with Gasteiger partial charge in [-0.1, -0.05) is 12.1 Å². The molecule has 0 aromatic heterocycles. The van der Waals surface area contributed by atoms with Crippen LogP contribution in [0.2, 0.25) is 0 Å². The largest absolute Gasteiger partial charge is 0.378 e. The lowest BCUT2D eigenvalue weighted by Gasteiger charge is -2.16. The number of rotatable bonds is 4. The maximum atomic E-state index is 13.3. The Bertz CT molecular complexity index is 632. The summed E-state index contributed by atoms with van der Waals surface area (Å²) in [4.78, 5) is 1.22. The first-order valence-electron chi connectivity index (χ1n) is 6.24. The van der Waals surface area contributed by atoms with Crippen LogP contribution in [-0.4, -0.2) is 6.26 Å². The molecule has 0 aliphatic heterocycles. The van der Waals surface area contributed by atoms with Crippen LogP contribution in [0.4, 0.5) is 10.1 Å². The maximum absolute atomic E-state index is 13.3. The third kappa shape index (κ3) is 3.31. The molecule has 0 amide bonds. The topological polar surface area (TPSA) is 35.8 Å². The zero-order valence-corrected chi connectivity index (χ0v) is 12.2. The SMILES string of the molecule is CSc1ccc(C(C)Nc2ccc(F)c(C#N)c2)cc1. The van der Waals surface area contributed by atoms with Gasteiger partial charge in [0.25, 0.3) is 0 Å². The molecule has 0 aliphatic rings. The Hall–Kier alpha value is -1.99. The van der Waals surface area contributed by atoms with Crippen LogP contribution in [0.1, 0.15) is 24.1 Å². The lowest BCUT2D eigenvalue weighted by atomic mass is 10.1. The second kappa shape index (κ2) is 6.44. The van der Waals surface area contributed by atoms with Crippen LogP contribution < -0.4 is 5.32 Å². The zero-order valence-electron chi connectivity index (χ0n) is 11.4. The van der Waals surface area contributed by atoms with E-state index >= 15 is 0 Å². The number of thioether (sulfide) groups is 1. The Morgan fingerprint density at radius 3 is 2.50 bits per heavy atom. The Kier molecular flexibility index (Phi) is 4.65. The molecule has 0 radical (unpaired) electrons. The van der Waals surface area contributed by atoms with E-state index in [1.54, 1.807) is 17.8 Å². The van der Waals surface area contributed by atoms with Gasteiger partial charge in [0.15, 0.2) is 0 Å². The maximum Gasteiger partial charge on any atom is 0.141 e. The molecule has 0 heterocycles. The molecule has 2 aromatic carbocycles. The molecule has 20 heavy (non-hydrogen) atoms. The fourth-order valence-electron chi connectivity index (χ4n) is 1.93. The minimum atomic E-state index is -0.491. The molecule has 0 saturated heterocycles. The number of hydrogen-bond donors (Lipinski definition) is 1. The van der Waals surface area contributed by atoms with Gasteiger partial charge in [-0.15, -0.1) is 11.8 Å². The second-order valence-electron chi connectivity index (χ2n) is 4.45. The highest BCUT2D eigenvalue weighted by Gasteiger charge is 2.07. The van der Waals surface area contributed by atoms with Gasteiger partial charge in [-0.05, 0) is 49.1 Å². The van der Waals surface area contributed by atoms with E-state index in [4.69, 9.17) is 5.26 Å². The van der Waals surface area contributed by atoms with Crippen molar-refractivity contribution >= 4 is 17.4 Å². The predicted octanol–water partition coefficient (Wildman–Crippen LogP) is 4.59. The summed E-state index contributed by atoms with van der Waals surface area (Å²) in [5.41, 5.74) is 1.94. The molecule has 1 N–H and O–H groups in total. The summed E-state index contributed by atoms with van der Waals surface area (Å²) in [6.45, 7) is 2.03. The van der Waals surface area contributed by atoms with Crippen LogP contribution in [0.15, 0.2) is 47.4 Å². The molecule has 0 fully saturated rings. The van der Waals surface area contributed by atoms with Gasteiger partial charge < -0.3 is 5.32 Å². The summed E-state index contributed by atoms with van der Waals surface area (Å²) in [6.07, 6.45) is 2.04. The molecule has 2 aromatic rings. The highest BCUT2D eigenvalue weighted by Crippen LogP contribution is 2.23. The summed E-state index contributed by atoms with van der Waals surface area (Å²) >= 11 is 1.70. The summed E-state index contributed by atoms with van der Waals surface area (Å²) in [6, 6.07) is 14.7. The summed E-state index contributed by atoms with van der Waals surface area (Å²) in [7, 11) is 0. The number of anilines is 1. The standard InChI is InChI=1S/C16H15FN2S/c1-11(12-3-6-15(20-2)7-4-12)19-14-5-8-16(17)13(9-14)10-18/h3-9,11,19H,1-2H3. The number of halogens is 1. The quantitative estimate of drug-likeness (QED) is 0.835. The predicted molar refractivity (Wildman–Crippen MR) is 81.4 cm³/mol. The molecule has 2 nitrogen and oxygen atoms in total. The van der Waals surface area contributed by atoms with E-state index in [-0.39, 0.29) is 11.6 Å².